The average molecular weight is 289 g/mol. The first kappa shape index (κ1) is 13.3. The molecular weight excluding hydrogens is 272 g/mol. The van der Waals surface area contributed by atoms with E-state index in [0.29, 0.717) is 5.75 Å². The van der Waals surface area contributed by atoms with Crippen LogP contribution in [0.25, 0.3) is 0 Å². The molecule has 0 atom stereocenters. The van der Waals surface area contributed by atoms with Gasteiger partial charge < -0.3 is 14.6 Å². The number of halogens is 1. The van der Waals surface area contributed by atoms with E-state index in [-0.39, 0.29) is 0 Å². The molecule has 0 bridgehead atoms. The molecule has 90 valence electrons. The summed E-state index contributed by atoms with van der Waals surface area (Å²) in [7, 11) is 3.20. The van der Waals surface area contributed by atoms with Gasteiger partial charge in [-0.3, -0.25) is 0 Å². The molecule has 0 saturated heterocycles. The Hall–Kier alpha value is -0.740. The maximum atomic E-state index is 10.1. The predicted octanol–water partition coefficient (Wildman–Crippen LogP) is 3.00. The normalized spacial score (nSPS) is 11.4. The second-order valence-corrected chi connectivity index (χ2v) is 5.01. The van der Waals surface area contributed by atoms with Crippen LogP contribution in [0.4, 0.5) is 0 Å². The number of hydrogen-bond acceptors (Lipinski definition) is 3. The second-order valence-electron chi connectivity index (χ2n) is 4.16. The van der Waals surface area contributed by atoms with Gasteiger partial charge in [-0.15, -0.1) is 0 Å². The van der Waals surface area contributed by atoms with Crippen LogP contribution in [0.5, 0.6) is 11.5 Å². The topological polar surface area (TPSA) is 38.7 Å². The first-order valence-corrected chi connectivity index (χ1v) is 5.76. The fourth-order valence-corrected chi connectivity index (χ4v) is 2.40. The van der Waals surface area contributed by atoms with Crippen molar-refractivity contribution in [2.75, 3.05) is 14.2 Å². The maximum absolute atomic E-state index is 10.1. The highest BCUT2D eigenvalue weighted by molar-refractivity contribution is 9.10. The van der Waals surface area contributed by atoms with E-state index >= 15 is 0 Å². The average Bonchev–Trinajstić information content (AvgIpc) is 2.16. The van der Waals surface area contributed by atoms with E-state index in [1.807, 2.05) is 13.0 Å². The van der Waals surface area contributed by atoms with Gasteiger partial charge >= 0.3 is 0 Å². The minimum atomic E-state index is -0.953. The third-order valence-corrected chi connectivity index (χ3v) is 3.07. The molecule has 0 heterocycles. The molecule has 0 aliphatic carbocycles. The highest BCUT2D eigenvalue weighted by Gasteiger charge is 2.25. The molecule has 4 heteroatoms. The quantitative estimate of drug-likeness (QED) is 0.929. The summed E-state index contributed by atoms with van der Waals surface area (Å²) in [5, 5.41) is 10.1. The first-order chi connectivity index (χ1) is 7.32. The molecule has 0 unspecified atom stereocenters. The van der Waals surface area contributed by atoms with E-state index in [4.69, 9.17) is 9.47 Å². The monoisotopic (exact) mass is 288 g/mol. The molecule has 1 N–H and O–H groups in total. The largest absolute Gasteiger partial charge is 0.496 e. The van der Waals surface area contributed by atoms with Crippen molar-refractivity contribution in [2.45, 2.75) is 26.4 Å². The Bertz CT molecular complexity index is 394. The molecule has 0 radical (unpaired) electrons. The number of hydrogen-bond donors (Lipinski definition) is 1. The SMILES string of the molecule is COc1c(Br)cc(C(C)(C)O)c(OC)c1C. The lowest BCUT2D eigenvalue weighted by Gasteiger charge is -2.24. The lowest BCUT2D eigenvalue weighted by Crippen LogP contribution is -2.17. The summed E-state index contributed by atoms with van der Waals surface area (Å²) in [5.74, 6) is 1.39. The summed E-state index contributed by atoms with van der Waals surface area (Å²) >= 11 is 3.42. The van der Waals surface area contributed by atoms with Crippen LogP contribution in [0.3, 0.4) is 0 Å². The van der Waals surface area contributed by atoms with Crippen LogP contribution in [0, 0.1) is 6.92 Å². The highest BCUT2D eigenvalue weighted by atomic mass is 79.9. The van der Waals surface area contributed by atoms with Gasteiger partial charge in [0.15, 0.2) is 0 Å². The van der Waals surface area contributed by atoms with Gasteiger partial charge in [-0.2, -0.15) is 0 Å². The van der Waals surface area contributed by atoms with Gasteiger partial charge in [0, 0.05) is 11.1 Å². The molecule has 1 rings (SSSR count). The van der Waals surface area contributed by atoms with Crippen LogP contribution in [0.15, 0.2) is 10.5 Å². The van der Waals surface area contributed by atoms with Gasteiger partial charge in [-0.25, -0.2) is 0 Å². The molecule has 0 aromatic heterocycles. The number of rotatable bonds is 3. The molecular formula is C12H17BrO3. The third kappa shape index (κ3) is 2.33. The Morgan fingerprint density at radius 1 is 1.19 bits per heavy atom. The standard InChI is InChI=1S/C12H17BrO3/c1-7-10(15-4)8(12(2,3)14)6-9(13)11(7)16-5/h6,14H,1-5H3. The molecule has 1 aromatic carbocycles. The summed E-state index contributed by atoms with van der Waals surface area (Å²) in [6, 6.07) is 1.82. The van der Waals surface area contributed by atoms with Crippen LogP contribution < -0.4 is 9.47 Å². The highest BCUT2D eigenvalue weighted by Crippen LogP contribution is 2.41. The van der Waals surface area contributed by atoms with Crippen molar-refractivity contribution in [2.24, 2.45) is 0 Å². The molecule has 0 amide bonds. The summed E-state index contributed by atoms with van der Waals surface area (Å²) in [5.41, 5.74) is 0.655. The van der Waals surface area contributed by atoms with E-state index < -0.39 is 5.60 Å². The second kappa shape index (κ2) is 4.63. The summed E-state index contributed by atoms with van der Waals surface area (Å²) in [4.78, 5) is 0. The molecule has 0 aliphatic rings. The lowest BCUT2D eigenvalue weighted by molar-refractivity contribution is 0.0753. The van der Waals surface area contributed by atoms with Crippen molar-refractivity contribution in [3.63, 3.8) is 0 Å². The van der Waals surface area contributed by atoms with Crippen LogP contribution in [0.1, 0.15) is 25.0 Å². The van der Waals surface area contributed by atoms with Crippen molar-refractivity contribution < 1.29 is 14.6 Å². The maximum Gasteiger partial charge on any atom is 0.139 e. The molecule has 3 nitrogen and oxygen atoms in total. The third-order valence-electron chi connectivity index (χ3n) is 2.48. The number of benzene rings is 1. The summed E-state index contributed by atoms with van der Waals surface area (Å²) in [6.07, 6.45) is 0. The van der Waals surface area contributed by atoms with Crippen molar-refractivity contribution >= 4 is 15.9 Å². The zero-order valence-corrected chi connectivity index (χ0v) is 11.8. The number of ether oxygens (including phenoxy) is 2. The fraction of sp³-hybridized carbons (Fsp3) is 0.500. The zero-order valence-electron chi connectivity index (χ0n) is 10.2. The van der Waals surface area contributed by atoms with Crippen LogP contribution in [0.2, 0.25) is 0 Å². The van der Waals surface area contributed by atoms with Crippen LogP contribution in [-0.2, 0) is 5.60 Å². The predicted molar refractivity (Wildman–Crippen MR) is 67.2 cm³/mol. The van der Waals surface area contributed by atoms with Crippen molar-refractivity contribution in [1.29, 1.82) is 0 Å². The van der Waals surface area contributed by atoms with Crippen LogP contribution >= 0.6 is 15.9 Å². The van der Waals surface area contributed by atoms with Gasteiger partial charge in [0.1, 0.15) is 11.5 Å². The molecule has 1 aromatic rings. The minimum absolute atomic E-state index is 0.660. The van der Waals surface area contributed by atoms with E-state index in [2.05, 4.69) is 15.9 Å². The van der Waals surface area contributed by atoms with Crippen molar-refractivity contribution in [3.8, 4) is 11.5 Å². The Morgan fingerprint density at radius 2 is 1.69 bits per heavy atom. The molecule has 0 aliphatic heterocycles. The Labute approximate surface area is 105 Å². The lowest BCUT2D eigenvalue weighted by atomic mass is 9.95. The van der Waals surface area contributed by atoms with Crippen molar-refractivity contribution in [1.82, 2.24) is 0 Å². The Morgan fingerprint density at radius 3 is 2.06 bits per heavy atom. The van der Waals surface area contributed by atoms with E-state index in [1.165, 1.54) is 0 Å². The van der Waals surface area contributed by atoms with E-state index in [0.717, 1.165) is 21.3 Å². The summed E-state index contributed by atoms with van der Waals surface area (Å²) < 4.78 is 11.4. The molecule has 16 heavy (non-hydrogen) atoms. The van der Waals surface area contributed by atoms with E-state index in [1.54, 1.807) is 28.1 Å². The van der Waals surface area contributed by atoms with Gasteiger partial charge in [0.25, 0.3) is 0 Å². The Kier molecular flexibility index (Phi) is 3.86. The zero-order chi connectivity index (χ0) is 12.5. The smallest absolute Gasteiger partial charge is 0.139 e. The van der Waals surface area contributed by atoms with Gasteiger partial charge in [-0.1, -0.05) is 0 Å². The van der Waals surface area contributed by atoms with Crippen LogP contribution in [-0.4, -0.2) is 19.3 Å². The van der Waals surface area contributed by atoms with Gasteiger partial charge in [0.05, 0.1) is 24.3 Å². The molecule has 0 saturated carbocycles. The summed E-state index contributed by atoms with van der Waals surface area (Å²) in [6.45, 7) is 5.35. The van der Waals surface area contributed by atoms with Crippen molar-refractivity contribution in [3.05, 3.63) is 21.7 Å². The van der Waals surface area contributed by atoms with E-state index in [9.17, 15) is 5.11 Å². The fourth-order valence-electron chi connectivity index (χ4n) is 1.71. The number of aliphatic hydroxyl groups is 1. The van der Waals surface area contributed by atoms with Gasteiger partial charge in [-0.05, 0) is 42.8 Å². The minimum Gasteiger partial charge on any atom is -0.496 e. The Balaban J connectivity index is 3.53. The first-order valence-electron chi connectivity index (χ1n) is 4.96. The molecule has 0 spiro atoms. The van der Waals surface area contributed by atoms with Gasteiger partial charge in [0.2, 0.25) is 0 Å². The number of methoxy groups -OCH3 is 2. The molecule has 0 fully saturated rings.